The van der Waals surface area contributed by atoms with Crippen molar-refractivity contribution < 1.29 is 4.79 Å². The first kappa shape index (κ1) is 12.6. The molecule has 1 saturated carbocycles. The molecule has 0 radical (unpaired) electrons. The number of ketones is 1. The van der Waals surface area contributed by atoms with Crippen LogP contribution in [0.15, 0.2) is 42.5 Å². The standard InChI is InChI=1S/C21H20O/c1-13-3-2-4-15-11-19-16(10-18(13)15)6-8-20(22)21(19)12-14-5-7-17(21)9-14/h2-5,7,10-11,14,17H,6,8-9,12H2,1H3. The van der Waals surface area contributed by atoms with E-state index in [0.717, 1.165) is 19.3 Å². The fourth-order valence-electron chi connectivity index (χ4n) is 5.26. The summed E-state index contributed by atoms with van der Waals surface area (Å²) in [6, 6.07) is 11.2. The number of hydrogen-bond acceptors (Lipinski definition) is 1. The molecule has 3 atom stereocenters. The molecule has 5 rings (SSSR count). The Kier molecular flexibility index (Phi) is 2.35. The summed E-state index contributed by atoms with van der Waals surface area (Å²) in [5.41, 5.74) is 3.89. The third-order valence-electron chi connectivity index (χ3n) is 6.31. The van der Waals surface area contributed by atoms with Crippen LogP contribution in [-0.2, 0) is 16.6 Å². The summed E-state index contributed by atoms with van der Waals surface area (Å²) < 4.78 is 0. The SMILES string of the molecule is Cc1cccc2cc3c(cc12)CCC(=O)C31CC2C=CC1C2. The quantitative estimate of drug-likeness (QED) is 0.652. The summed E-state index contributed by atoms with van der Waals surface area (Å²) in [5.74, 6) is 1.54. The van der Waals surface area contributed by atoms with Crippen molar-refractivity contribution in [3.05, 3.63) is 59.2 Å². The minimum Gasteiger partial charge on any atom is -0.299 e. The van der Waals surface area contributed by atoms with Gasteiger partial charge >= 0.3 is 0 Å². The molecule has 1 fully saturated rings. The van der Waals surface area contributed by atoms with Gasteiger partial charge in [-0.15, -0.1) is 0 Å². The number of hydrogen-bond donors (Lipinski definition) is 0. The van der Waals surface area contributed by atoms with Gasteiger partial charge in [-0.25, -0.2) is 0 Å². The van der Waals surface area contributed by atoms with E-state index in [1.165, 1.54) is 33.9 Å². The molecule has 2 bridgehead atoms. The Labute approximate surface area is 131 Å². The molecule has 2 aromatic carbocycles. The normalized spacial score (nSPS) is 32.1. The maximum atomic E-state index is 12.9. The van der Waals surface area contributed by atoms with Crippen molar-refractivity contribution in [3.63, 3.8) is 0 Å². The number of carbonyl (C=O) groups is 1. The highest BCUT2D eigenvalue weighted by atomic mass is 16.1. The molecule has 0 amide bonds. The second kappa shape index (κ2) is 4.10. The Bertz CT molecular complexity index is 844. The monoisotopic (exact) mass is 288 g/mol. The van der Waals surface area contributed by atoms with Crippen molar-refractivity contribution in [2.75, 3.05) is 0 Å². The lowest BCUT2D eigenvalue weighted by Gasteiger charge is -2.39. The fraction of sp³-hybridized carbons (Fsp3) is 0.381. The topological polar surface area (TPSA) is 17.1 Å². The zero-order valence-corrected chi connectivity index (χ0v) is 12.9. The van der Waals surface area contributed by atoms with E-state index in [2.05, 4.69) is 49.4 Å². The third kappa shape index (κ3) is 1.42. The first-order valence-electron chi connectivity index (χ1n) is 8.43. The number of allylic oxidation sites excluding steroid dienone is 2. The van der Waals surface area contributed by atoms with E-state index in [4.69, 9.17) is 0 Å². The van der Waals surface area contributed by atoms with Gasteiger partial charge in [-0.2, -0.15) is 0 Å². The number of rotatable bonds is 0. The van der Waals surface area contributed by atoms with E-state index >= 15 is 0 Å². The maximum Gasteiger partial charge on any atom is 0.144 e. The maximum absolute atomic E-state index is 12.9. The zero-order valence-electron chi connectivity index (χ0n) is 12.9. The summed E-state index contributed by atoms with van der Waals surface area (Å²) in [6.07, 6.45) is 8.52. The number of carbonyl (C=O) groups excluding carboxylic acids is 1. The number of benzene rings is 2. The highest BCUT2D eigenvalue weighted by Gasteiger charge is 2.55. The Morgan fingerprint density at radius 3 is 2.82 bits per heavy atom. The molecule has 3 unspecified atom stereocenters. The average Bonchev–Trinajstić information content (AvgIpc) is 3.13. The van der Waals surface area contributed by atoms with Gasteiger partial charge in [0.05, 0.1) is 5.41 Å². The number of aryl methyl sites for hydroxylation is 2. The molecule has 0 saturated heterocycles. The molecule has 1 heteroatoms. The molecule has 0 aliphatic heterocycles. The van der Waals surface area contributed by atoms with Crippen LogP contribution in [0, 0.1) is 18.8 Å². The van der Waals surface area contributed by atoms with Crippen LogP contribution in [-0.4, -0.2) is 5.78 Å². The second-order valence-corrected chi connectivity index (χ2v) is 7.39. The predicted octanol–water partition coefficient (Wildman–Crippen LogP) is 4.50. The van der Waals surface area contributed by atoms with Crippen LogP contribution in [0.25, 0.3) is 10.8 Å². The fourth-order valence-corrected chi connectivity index (χ4v) is 5.26. The van der Waals surface area contributed by atoms with Crippen LogP contribution >= 0.6 is 0 Å². The van der Waals surface area contributed by atoms with E-state index < -0.39 is 0 Å². The van der Waals surface area contributed by atoms with Gasteiger partial charge in [0.1, 0.15) is 5.78 Å². The first-order chi connectivity index (χ1) is 10.7. The van der Waals surface area contributed by atoms with E-state index in [0.29, 0.717) is 17.6 Å². The van der Waals surface area contributed by atoms with Crippen LogP contribution in [0.2, 0.25) is 0 Å². The lowest BCUT2D eigenvalue weighted by Crippen LogP contribution is -2.43. The van der Waals surface area contributed by atoms with Crippen LogP contribution in [0.5, 0.6) is 0 Å². The van der Waals surface area contributed by atoms with Crippen molar-refractivity contribution in [1.29, 1.82) is 0 Å². The van der Waals surface area contributed by atoms with Crippen LogP contribution in [0.4, 0.5) is 0 Å². The van der Waals surface area contributed by atoms with Crippen LogP contribution in [0.1, 0.15) is 36.0 Å². The molecule has 0 heterocycles. The highest BCUT2D eigenvalue weighted by Crippen LogP contribution is 2.57. The molecule has 1 spiro atoms. The van der Waals surface area contributed by atoms with Crippen molar-refractivity contribution in [3.8, 4) is 0 Å². The van der Waals surface area contributed by atoms with Crippen molar-refractivity contribution >= 4 is 16.6 Å². The van der Waals surface area contributed by atoms with Gasteiger partial charge < -0.3 is 0 Å². The molecule has 1 nitrogen and oxygen atoms in total. The molecule has 2 aromatic rings. The lowest BCUT2D eigenvalue weighted by molar-refractivity contribution is -0.126. The van der Waals surface area contributed by atoms with Crippen molar-refractivity contribution in [1.82, 2.24) is 0 Å². The largest absolute Gasteiger partial charge is 0.299 e. The Morgan fingerprint density at radius 1 is 1.14 bits per heavy atom. The van der Waals surface area contributed by atoms with E-state index in [1.807, 2.05) is 0 Å². The molecular formula is C21H20O. The Hall–Kier alpha value is -1.89. The average molecular weight is 288 g/mol. The van der Waals surface area contributed by atoms with Gasteiger partial charge in [0.2, 0.25) is 0 Å². The second-order valence-electron chi connectivity index (χ2n) is 7.39. The first-order valence-corrected chi connectivity index (χ1v) is 8.43. The van der Waals surface area contributed by atoms with Gasteiger partial charge in [0.25, 0.3) is 0 Å². The van der Waals surface area contributed by atoms with Gasteiger partial charge in [0.15, 0.2) is 0 Å². The molecular weight excluding hydrogens is 268 g/mol. The summed E-state index contributed by atoms with van der Waals surface area (Å²) in [6.45, 7) is 2.18. The van der Waals surface area contributed by atoms with E-state index in [9.17, 15) is 4.79 Å². The lowest BCUT2D eigenvalue weighted by atomic mass is 9.62. The molecule has 0 N–H and O–H groups in total. The molecule has 0 aromatic heterocycles. The molecule has 3 aliphatic carbocycles. The highest BCUT2D eigenvalue weighted by molar-refractivity contribution is 5.97. The summed E-state index contributed by atoms with van der Waals surface area (Å²) in [7, 11) is 0. The van der Waals surface area contributed by atoms with Gasteiger partial charge in [-0.05, 0) is 71.6 Å². The predicted molar refractivity (Wildman–Crippen MR) is 89.0 cm³/mol. The van der Waals surface area contributed by atoms with Crippen molar-refractivity contribution in [2.45, 2.75) is 38.0 Å². The zero-order chi connectivity index (χ0) is 14.9. The Balaban J connectivity index is 1.81. The third-order valence-corrected chi connectivity index (χ3v) is 6.31. The number of fused-ring (bicyclic) bond motifs is 6. The van der Waals surface area contributed by atoms with Gasteiger partial charge in [0, 0.05) is 6.42 Å². The summed E-state index contributed by atoms with van der Waals surface area (Å²) in [5, 5.41) is 2.64. The number of Topliss-reactive ketones (excluding diaryl/α,β-unsaturated/α-hetero) is 1. The Morgan fingerprint density at radius 2 is 2.05 bits per heavy atom. The van der Waals surface area contributed by atoms with Crippen LogP contribution in [0.3, 0.4) is 0 Å². The summed E-state index contributed by atoms with van der Waals surface area (Å²) in [4.78, 5) is 12.9. The van der Waals surface area contributed by atoms with Crippen molar-refractivity contribution in [2.24, 2.45) is 11.8 Å². The van der Waals surface area contributed by atoms with Gasteiger partial charge in [-0.1, -0.05) is 36.4 Å². The minimum absolute atomic E-state index is 0.203. The smallest absolute Gasteiger partial charge is 0.144 e. The van der Waals surface area contributed by atoms with E-state index in [1.54, 1.807) is 0 Å². The van der Waals surface area contributed by atoms with E-state index in [-0.39, 0.29) is 5.41 Å². The minimum atomic E-state index is -0.203. The van der Waals surface area contributed by atoms with Crippen LogP contribution < -0.4 is 0 Å². The summed E-state index contributed by atoms with van der Waals surface area (Å²) >= 11 is 0. The van der Waals surface area contributed by atoms with Gasteiger partial charge in [-0.3, -0.25) is 4.79 Å². The molecule has 22 heavy (non-hydrogen) atoms. The molecule has 3 aliphatic rings. The molecule has 110 valence electrons.